The van der Waals surface area contributed by atoms with Crippen molar-refractivity contribution in [2.75, 3.05) is 13.7 Å². The van der Waals surface area contributed by atoms with E-state index in [9.17, 15) is 10.2 Å². The molecule has 0 aliphatic carbocycles. The highest BCUT2D eigenvalue weighted by molar-refractivity contribution is 5.46. The van der Waals surface area contributed by atoms with E-state index in [0.29, 0.717) is 12.4 Å². The van der Waals surface area contributed by atoms with Crippen molar-refractivity contribution in [1.82, 2.24) is 0 Å². The fraction of sp³-hybridized carbons (Fsp3) is 0.250. The molecular weight excluding hydrogens is 256 g/mol. The Hall–Kier alpha value is -2.36. The van der Waals surface area contributed by atoms with Crippen molar-refractivity contribution in [3.8, 4) is 23.0 Å². The molecular formula is C16H16O4. The second kappa shape index (κ2) is 4.96. The molecule has 0 saturated heterocycles. The first kappa shape index (κ1) is 12.7. The number of benzene rings is 2. The molecule has 20 heavy (non-hydrogen) atoms. The zero-order valence-electron chi connectivity index (χ0n) is 11.2. The van der Waals surface area contributed by atoms with Gasteiger partial charge in [-0.3, -0.25) is 0 Å². The molecule has 1 aliphatic heterocycles. The van der Waals surface area contributed by atoms with Gasteiger partial charge in [0, 0.05) is 12.0 Å². The van der Waals surface area contributed by atoms with Crippen molar-refractivity contribution >= 4 is 0 Å². The van der Waals surface area contributed by atoms with Gasteiger partial charge >= 0.3 is 0 Å². The average molecular weight is 272 g/mol. The molecule has 0 bridgehead atoms. The number of phenolic OH excluding ortho intramolecular Hbond substituents is 2. The lowest BCUT2D eigenvalue weighted by atomic mass is 9.90. The van der Waals surface area contributed by atoms with Crippen LogP contribution in [0.15, 0.2) is 36.4 Å². The van der Waals surface area contributed by atoms with Crippen molar-refractivity contribution < 1.29 is 19.7 Å². The van der Waals surface area contributed by atoms with Crippen molar-refractivity contribution in [1.29, 1.82) is 0 Å². The third-order valence-corrected chi connectivity index (χ3v) is 3.63. The maximum Gasteiger partial charge on any atom is 0.160 e. The first-order chi connectivity index (χ1) is 9.67. The molecule has 4 nitrogen and oxygen atoms in total. The smallest absolute Gasteiger partial charge is 0.160 e. The van der Waals surface area contributed by atoms with Crippen LogP contribution in [0.4, 0.5) is 0 Å². The average Bonchev–Trinajstić information content (AvgIpc) is 2.47. The number of hydrogen-bond acceptors (Lipinski definition) is 4. The van der Waals surface area contributed by atoms with Gasteiger partial charge in [-0.15, -0.1) is 0 Å². The van der Waals surface area contributed by atoms with Gasteiger partial charge in [0.25, 0.3) is 0 Å². The van der Waals surface area contributed by atoms with Crippen LogP contribution in [0, 0.1) is 0 Å². The molecule has 1 atom stereocenters. The molecule has 0 fully saturated rings. The van der Waals surface area contributed by atoms with Gasteiger partial charge in [-0.05, 0) is 35.7 Å². The molecule has 2 N–H and O–H groups in total. The lowest BCUT2D eigenvalue weighted by molar-refractivity contribution is 0.261. The standard InChI is InChI=1S/C16H16O4/c1-19-16-7-10(3-5-14(16)18)12-6-11-2-4-13(17)8-15(11)20-9-12/h2-5,7-8,12,17-18H,6,9H2,1H3/t12-/m1/s1. The van der Waals surface area contributed by atoms with E-state index < -0.39 is 0 Å². The Balaban J connectivity index is 1.88. The highest BCUT2D eigenvalue weighted by atomic mass is 16.5. The molecule has 3 rings (SSSR count). The van der Waals surface area contributed by atoms with Crippen molar-refractivity contribution in [2.45, 2.75) is 12.3 Å². The predicted molar refractivity (Wildman–Crippen MR) is 74.7 cm³/mol. The van der Waals surface area contributed by atoms with Crippen molar-refractivity contribution in [3.05, 3.63) is 47.5 Å². The first-order valence-electron chi connectivity index (χ1n) is 6.49. The lowest BCUT2D eigenvalue weighted by Crippen LogP contribution is -2.19. The van der Waals surface area contributed by atoms with Gasteiger partial charge in [-0.1, -0.05) is 12.1 Å². The molecule has 4 heteroatoms. The number of ether oxygens (including phenoxy) is 2. The highest BCUT2D eigenvalue weighted by Crippen LogP contribution is 2.37. The number of methoxy groups -OCH3 is 1. The van der Waals surface area contributed by atoms with E-state index in [2.05, 4.69) is 0 Å². The summed E-state index contributed by atoms with van der Waals surface area (Å²) in [5, 5.41) is 19.1. The molecule has 0 radical (unpaired) electrons. The minimum Gasteiger partial charge on any atom is -0.508 e. The van der Waals surface area contributed by atoms with Crippen LogP contribution in [-0.2, 0) is 6.42 Å². The molecule has 104 valence electrons. The maximum atomic E-state index is 9.64. The third-order valence-electron chi connectivity index (χ3n) is 3.63. The number of phenols is 2. The minimum absolute atomic E-state index is 0.137. The first-order valence-corrected chi connectivity index (χ1v) is 6.49. The van der Waals surface area contributed by atoms with Crippen LogP contribution in [0.1, 0.15) is 17.0 Å². The number of fused-ring (bicyclic) bond motifs is 1. The van der Waals surface area contributed by atoms with E-state index in [-0.39, 0.29) is 17.4 Å². The molecule has 0 amide bonds. The second-order valence-corrected chi connectivity index (χ2v) is 4.94. The Morgan fingerprint density at radius 2 is 2.00 bits per heavy atom. The summed E-state index contributed by atoms with van der Waals surface area (Å²) in [6.07, 6.45) is 0.837. The van der Waals surface area contributed by atoms with Gasteiger partial charge in [0.1, 0.15) is 11.5 Å². The predicted octanol–water partition coefficient (Wildman–Crippen LogP) is 2.83. The zero-order valence-corrected chi connectivity index (χ0v) is 11.2. The van der Waals surface area contributed by atoms with Gasteiger partial charge in [0.2, 0.25) is 0 Å². The minimum atomic E-state index is 0.137. The Morgan fingerprint density at radius 3 is 2.80 bits per heavy atom. The SMILES string of the molecule is COc1cc([C@H]2COc3cc(O)ccc3C2)ccc1O. The number of aromatic hydroxyl groups is 2. The fourth-order valence-electron chi connectivity index (χ4n) is 2.52. The Bertz CT molecular complexity index is 636. The molecule has 0 spiro atoms. The summed E-state index contributed by atoms with van der Waals surface area (Å²) in [6, 6.07) is 10.6. The van der Waals surface area contributed by atoms with Crippen LogP contribution in [0.3, 0.4) is 0 Å². The van der Waals surface area contributed by atoms with Gasteiger partial charge in [-0.2, -0.15) is 0 Å². The summed E-state index contributed by atoms with van der Waals surface area (Å²) < 4.78 is 10.8. The van der Waals surface area contributed by atoms with Gasteiger partial charge < -0.3 is 19.7 Å². The van der Waals surface area contributed by atoms with Gasteiger partial charge in [0.15, 0.2) is 11.5 Å². The van der Waals surface area contributed by atoms with E-state index in [1.54, 1.807) is 18.2 Å². The third kappa shape index (κ3) is 2.25. The largest absolute Gasteiger partial charge is 0.508 e. The quantitative estimate of drug-likeness (QED) is 0.882. The topological polar surface area (TPSA) is 58.9 Å². The number of rotatable bonds is 2. The molecule has 1 heterocycles. The summed E-state index contributed by atoms with van der Waals surface area (Å²) in [5.41, 5.74) is 2.14. The van der Waals surface area contributed by atoms with E-state index >= 15 is 0 Å². The summed E-state index contributed by atoms with van der Waals surface area (Å²) in [4.78, 5) is 0. The Kier molecular flexibility index (Phi) is 3.14. The number of hydrogen-bond donors (Lipinski definition) is 2. The summed E-state index contributed by atoms with van der Waals surface area (Å²) >= 11 is 0. The molecule has 2 aromatic carbocycles. The summed E-state index contributed by atoms with van der Waals surface area (Å²) in [7, 11) is 1.54. The van der Waals surface area contributed by atoms with Gasteiger partial charge in [0.05, 0.1) is 13.7 Å². The molecule has 0 unspecified atom stereocenters. The Morgan fingerprint density at radius 1 is 1.15 bits per heavy atom. The molecule has 0 saturated carbocycles. The van der Waals surface area contributed by atoms with Crippen LogP contribution < -0.4 is 9.47 Å². The van der Waals surface area contributed by atoms with Gasteiger partial charge in [-0.25, -0.2) is 0 Å². The second-order valence-electron chi connectivity index (χ2n) is 4.94. The normalized spacial score (nSPS) is 17.1. The molecule has 0 aromatic heterocycles. The monoisotopic (exact) mass is 272 g/mol. The molecule has 1 aliphatic rings. The van der Waals surface area contributed by atoms with Crippen molar-refractivity contribution in [3.63, 3.8) is 0 Å². The van der Waals surface area contributed by atoms with Crippen molar-refractivity contribution in [2.24, 2.45) is 0 Å². The van der Waals surface area contributed by atoms with E-state index in [1.807, 2.05) is 18.2 Å². The fourth-order valence-corrected chi connectivity index (χ4v) is 2.52. The van der Waals surface area contributed by atoms with Crippen LogP contribution in [0.2, 0.25) is 0 Å². The summed E-state index contributed by atoms with van der Waals surface area (Å²) in [6.45, 7) is 0.546. The lowest BCUT2D eigenvalue weighted by Gasteiger charge is -2.26. The molecule has 2 aromatic rings. The highest BCUT2D eigenvalue weighted by Gasteiger charge is 2.22. The Labute approximate surface area is 117 Å². The van der Waals surface area contributed by atoms with Crippen LogP contribution >= 0.6 is 0 Å². The van der Waals surface area contributed by atoms with Crippen LogP contribution in [0.25, 0.3) is 0 Å². The van der Waals surface area contributed by atoms with E-state index in [1.165, 1.54) is 7.11 Å². The maximum absolute atomic E-state index is 9.64. The summed E-state index contributed by atoms with van der Waals surface area (Å²) in [5.74, 6) is 1.78. The van der Waals surface area contributed by atoms with Crippen LogP contribution in [0.5, 0.6) is 23.0 Å². The zero-order chi connectivity index (χ0) is 14.1. The van der Waals surface area contributed by atoms with E-state index in [0.717, 1.165) is 23.3 Å². The van der Waals surface area contributed by atoms with Crippen LogP contribution in [-0.4, -0.2) is 23.9 Å². The van der Waals surface area contributed by atoms with E-state index in [4.69, 9.17) is 9.47 Å².